The van der Waals surface area contributed by atoms with Crippen LogP contribution < -0.4 is 5.73 Å². The lowest BCUT2D eigenvalue weighted by Gasteiger charge is -2.39. The van der Waals surface area contributed by atoms with Crippen molar-refractivity contribution in [1.82, 2.24) is 14.7 Å². The highest BCUT2D eigenvalue weighted by atomic mass is 19.1. The van der Waals surface area contributed by atoms with Crippen LogP contribution in [0.15, 0.2) is 24.3 Å². The SMILES string of the molecule is CC[C@@H](c1ccc(F)cc1)N1C(=O)[C@@H]2C[C@H]1CN2C[C@H](N)C(=O)N1CCC[C@H]1C#N. The lowest BCUT2D eigenvalue weighted by molar-refractivity contribution is -0.141. The molecule has 4 rings (SSSR count). The number of benzene rings is 1. The first-order valence-electron chi connectivity index (χ1n) is 10.7. The maximum Gasteiger partial charge on any atom is 0.241 e. The van der Waals surface area contributed by atoms with Gasteiger partial charge in [0.25, 0.3) is 0 Å². The molecule has 160 valence electrons. The van der Waals surface area contributed by atoms with E-state index in [1.165, 1.54) is 12.1 Å². The van der Waals surface area contributed by atoms with E-state index >= 15 is 0 Å². The number of fused-ring (bicyclic) bond motifs is 2. The van der Waals surface area contributed by atoms with Crippen molar-refractivity contribution < 1.29 is 14.0 Å². The molecule has 1 aromatic carbocycles. The van der Waals surface area contributed by atoms with Crippen LogP contribution in [-0.4, -0.2) is 70.3 Å². The first-order chi connectivity index (χ1) is 14.4. The minimum Gasteiger partial charge on any atom is -0.330 e. The summed E-state index contributed by atoms with van der Waals surface area (Å²) in [4.78, 5) is 31.4. The Morgan fingerprint density at radius 1 is 1.37 bits per heavy atom. The average molecular weight is 413 g/mol. The van der Waals surface area contributed by atoms with E-state index in [2.05, 4.69) is 6.07 Å². The molecule has 8 heteroatoms. The summed E-state index contributed by atoms with van der Waals surface area (Å²) in [6.07, 6.45) is 2.99. The van der Waals surface area contributed by atoms with Gasteiger partial charge < -0.3 is 15.5 Å². The van der Waals surface area contributed by atoms with Gasteiger partial charge in [0.05, 0.1) is 24.2 Å². The Morgan fingerprint density at radius 3 is 2.73 bits per heavy atom. The minimum atomic E-state index is -0.737. The third-order valence-corrected chi connectivity index (χ3v) is 6.72. The van der Waals surface area contributed by atoms with E-state index in [1.807, 2.05) is 16.7 Å². The molecule has 0 unspecified atom stereocenters. The average Bonchev–Trinajstić information content (AvgIpc) is 3.45. The fraction of sp³-hybridized carbons (Fsp3) is 0.591. The molecule has 1 aromatic rings. The Kier molecular flexibility index (Phi) is 5.76. The Balaban J connectivity index is 1.41. The molecule has 7 nitrogen and oxygen atoms in total. The second kappa shape index (κ2) is 8.32. The van der Waals surface area contributed by atoms with Crippen molar-refractivity contribution in [2.24, 2.45) is 5.73 Å². The molecule has 2 N–H and O–H groups in total. The summed E-state index contributed by atoms with van der Waals surface area (Å²) in [5, 5.41) is 9.22. The number of piperazine rings is 1. The topological polar surface area (TPSA) is 93.7 Å². The number of nitriles is 1. The van der Waals surface area contributed by atoms with Crippen molar-refractivity contribution >= 4 is 11.8 Å². The van der Waals surface area contributed by atoms with Gasteiger partial charge in [-0.2, -0.15) is 5.26 Å². The molecule has 0 aromatic heterocycles. The number of likely N-dealkylation sites (tertiary alicyclic amines) is 3. The largest absolute Gasteiger partial charge is 0.330 e. The molecule has 0 spiro atoms. The zero-order chi connectivity index (χ0) is 21.4. The smallest absolute Gasteiger partial charge is 0.241 e. The van der Waals surface area contributed by atoms with Crippen molar-refractivity contribution in [3.63, 3.8) is 0 Å². The van der Waals surface area contributed by atoms with Gasteiger partial charge in [-0.05, 0) is 43.4 Å². The molecular weight excluding hydrogens is 385 g/mol. The van der Waals surface area contributed by atoms with Crippen molar-refractivity contribution in [1.29, 1.82) is 5.26 Å². The molecule has 3 fully saturated rings. The number of carbonyl (C=O) groups excluding carboxylic acids is 2. The molecule has 0 saturated carbocycles. The number of halogens is 1. The monoisotopic (exact) mass is 413 g/mol. The molecule has 3 aliphatic heterocycles. The van der Waals surface area contributed by atoms with Gasteiger partial charge in [0.1, 0.15) is 11.9 Å². The van der Waals surface area contributed by atoms with Crippen LogP contribution in [0.4, 0.5) is 4.39 Å². The predicted octanol–water partition coefficient (Wildman–Crippen LogP) is 1.40. The van der Waals surface area contributed by atoms with Crippen LogP contribution in [0, 0.1) is 17.1 Å². The maximum absolute atomic E-state index is 13.3. The molecule has 3 aliphatic rings. The first-order valence-corrected chi connectivity index (χ1v) is 10.7. The Bertz CT molecular complexity index is 854. The van der Waals surface area contributed by atoms with Crippen LogP contribution in [0.1, 0.15) is 44.2 Å². The number of hydrogen-bond acceptors (Lipinski definition) is 5. The van der Waals surface area contributed by atoms with Gasteiger partial charge >= 0.3 is 0 Å². The zero-order valence-electron chi connectivity index (χ0n) is 17.2. The molecule has 5 atom stereocenters. The summed E-state index contributed by atoms with van der Waals surface area (Å²) in [5.41, 5.74) is 7.13. The molecule has 3 saturated heterocycles. The number of rotatable bonds is 6. The summed E-state index contributed by atoms with van der Waals surface area (Å²) in [5.74, 6) is -0.439. The molecule has 3 heterocycles. The van der Waals surface area contributed by atoms with Crippen LogP contribution in [0.5, 0.6) is 0 Å². The molecule has 0 aliphatic carbocycles. The normalized spacial score (nSPS) is 28.1. The van der Waals surface area contributed by atoms with Crippen LogP contribution in [0.25, 0.3) is 0 Å². The van der Waals surface area contributed by atoms with E-state index in [1.54, 1.807) is 17.0 Å². The number of nitrogens with two attached hydrogens (primary N) is 1. The van der Waals surface area contributed by atoms with Crippen molar-refractivity contribution in [2.45, 2.75) is 62.8 Å². The Morgan fingerprint density at radius 2 is 2.10 bits per heavy atom. The third-order valence-electron chi connectivity index (χ3n) is 6.72. The summed E-state index contributed by atoms with van der Waals surface area (Å²) in [6, 6.07) is 7.12. The zero-order valence-corrected chi connectivity index (χ0v) is 17.2. The summed E-state index contributed by atoms with van der Waals surface area (Å²) in [6.45, 7) is 3.60. The molecule has 2 bridgehead atoms. The lowest BCUT2D eigenvalue weighted by Crippen LogP contribution is -2.56. The second-order valence-corrected chi connectivity index (χ2v) is 8.51. The van der Waals surface area contributed by atoms with Crippen LogP contribution in [0.3, 0.4) is 0 Å². The van der Waals surface area contributed by atoms with Crippen molar-refractivity contribution in [3.05, 3.63) is 35.6 Å². The predicted molar refractivity (Wildman–Crippen MR) is 108 cm³/mol. The highest BCUT2D eigenvalue weighted by Crippen LogP contribution is 2.39. The molecule has 2 amide bonds. The lowest BCUT2D eigenvalue weighted by atomic mass is 10.0. The van der Waals surface area contributed by atoms with E-state index in [4.69, 9.17) is 5.73 Å². The summed E-state index contributed by atoms with van der Waals surface area (Å²) in [7, 11) is 0. The fourth-order valence-electron chi connectivity index (χ4n) is 5.29. The first kappa shape index (κ1) is 20.8. The number of hydrogen-bond donors (Lipinski definition) is 1. The number of nitrogens with zero attached hydrogens (tertiary/aromatic N) is 4. The summed E-state index contributed by atoms with van der Waals surface area (Å²) < 4.78 is 13.3. The Labute approximate surface area is 176 Å². The van der Waals surface area contributed by atoms with E-state index in [0.717, 1.165) is 24.8 Å². The van der Waals surface area contributed by atoms with Crippen LogP contribution in [-0.2, 0) is 9.59 Å². The minimum absolute atomic E-state index is 0.0538. The quantitative estimate of drug-likeness (QED) is 0.761. The standard InChI is InChI=1S/C22H28FN5O2/c1-2-19(14-5-7-15(23)8-6-14)28-17-10-20(22(28)30)26(12-17)13-18(25)21(29)27-9-3-4-16(27)11-24/h5-8,16-20H,2-4,9-10,12-13,25H2,1H3/t16-,17-,18-,19-,20-/m0/s1. The van der Waals surface area contributed by atoms with Gasteiger partial charge in [-0.25, -0.2) is 4.39 Å². The van der Waals surface area contributed by atoms with E-state index in [-0.39, 0.29) is 35.8 Å². The van der Waals surface area contributed by atoms with Gasteiger partial charge in [0, 0.05) is 25.7 Å². The van der Waals surface area contributed by atoms with Gasteiger partial charge in [-0.3, -0.25) is 14.5 Å². The van der Waals surface area contributed by atoms with Gasteiger partial charge in [0.2, 0.25) is 11.8 Å². The number of amides is 2. The highest BCUT2D eigenvalue weighted by Gasteiger charge is 2.52. The van der Waals surface area contributed by atoms with Gasteiger partial charge in [-0.1, -0.05) is 19.1 Å². The highest BCUT2D eigenvalue weighted by molar-refractivity contribution is 5.87. The summed E-state index contributed by atoms with van der Waals surface area (Å²) >= 11 is 0. The fourth-order valence-corrected chi connectivity index (χ4v) is 5.29. The number of carbonyl (C=O) groups is 2. The maximum atomic E-state index is 13.3. The van der Waals surface area contributed by atoms with Crippen LogP contribution >= 0.6 is 0 Å². The molecule has 30 heavy (non-hydrogen) atoms. The van der Waals surface area contributed by atoms with Crippen molar-refractivity contribution in [3.8, 4) is 6.07 Å². The Hall–Kier alpha value is -2.50. The van der Waals surface area contributed by atoms with E-state index < -0.39 is 12.1 Å². The second-order valence-electron chi connectivity index (χ2n) is 8.51. The van der Waals surface area contributed by atoms with Gasteiger partial charge in [0.15, 0.2) is 0 Å². The van der Waals surface area contributed by atoms with E-state index in [0.29, 0.717) is 26.1 Å². The third kappa shape index (κ3) is 3.57. The molecular formula is C22H28FN5O2. The van der Waals surface area contributed by atoms with Crippen LogP contribution in [0.2, 0.25) is 0 Å². The van der Waals surface area contributed by atoms with Gasteiger partial charge in [-0.15, -0.1) is 0 Å². The van der Waals surface area contributed by atoms with E-state index in [9.17, 15) is 19.2 Å². The van der Waals surface area contributed by atoms with Crippen molar-refractivity contribution in [2.75, 3.05) is 19.6 Å². The molecule has 0 radical (unpaired) electrons.